The molecule has 1 fully saturated rings. The second kappa shape index (κ2) is 6.63. The molecule has 132 valence electrons. The number of piperidine rings is 1. The van der Waals surface area contributed by atoms with Crippen molar-refractivity contribution in [3.05, 3.63) is 74.9 Å². The van der Waals surface area contributed by atoms with E-state index in [9.17, 15) is 14.4 Å². The van der Waals surface area contributed by atoms with Gasteiger partial charge in [-0.2, -0.15) is 0 Å². The zero-order valence-corrected chi connectivity index (χ0v) is 14.3. The maximum Gasteiger partial charge on any atom is 0.333 e. The Morgan fingerprint density at radius 3 is 2.31 bits per heavy atom. The van der Waals surface area contributed by atoms with Crippen LogP contribution < -0.4 is 11.2 Å². The first-order chi connectivity index (χ1) is 12.6. The van der Waals surface area contributed by atoms with Gasteiger partial charge in [0.15, 0.2) is 0 Å². The molecule has 0 radical (unpaired) electrons. The van der Waals surface area contributed by atoms with Crippen molar-refractivity contribution in [2.24, 2.45) is 0 Å². The summed E-state index contributed by atoms with van der Waals surface area (Å²) in [4.78, 5) is 42.2. The molecule has 0 saturated carbocycles. The van der Waals surface area contributed by atoms with Crippen LogP contribution in [0.1, 0.15) is 29.6 Å². The Bertz CT molecular complexity index is 1070. The largest absolute Gasteiger partial charge is 0.339 e. The Morgan fingerprint density at radius 2 is 1.58 bits per heavy atom. The number of fused-ring (bicyclic) bond motifs is 1. The number of aromatic amines is 1. The third kappa shape index (κ3) is 2.83. The predicted molar refractivity (Wildman–Crippen MR) is 99.9 cm³/mol. The molecule has 3 aromatic rings. The zero-order chi connectivity index (χ0) is 18.1. The van der Waals surface area contributed by atoms with Crippen molar-refractivity contribution in [3.8, 4) is 5.69 Å². The number of hydrogen-bond donors (Lipinski definition) is 1. The van der Waals surface area contributed by atoms with Crippen LogP contribution in [0.15, 0.2) is 58.1 Å². The standard InChI is InChI=1S/C20H19N3O3/c24-18(22-12-4-1-5-13-22)14-8-10-15(11-9-14)23-19(25)16-6-2-3-7-17(16)21-20(23)26/h2-3,6-11H,1,4-5,12-13H2,(H,21,26). The van der Waals surface area contributed by atoms with Crippen LogP contribution in [-0.4, -0.2) is 33.4 Å². The summed E-state index contributed by atoms with van der Waals surface area (Å²) in [5, 5.41) is 0.445. The number of nitrogens with zero attached hydrogens (tertiary/aromatic N) is 2. The van der Waals surface area contributed by atoms with Crippen LogP contribution in [-0.2, 0) is 0 Å². The van der Waals surface area contributed by atoms with E-state index in [1.165, 1.54) is 0 Å². The summed E-state index contributed by atoms with van der Waals surface area (Å²) in [5.74, 6) is -0.00369. The van der Waals surface area contributed by atoms with Gasteiger partial charge in [0, 0.05) is 18.7 Å². The fraction of sp³-hybridized carbons (Fsp3) is 0.250. The summed E-state index contributed by atoms with van der Waals surface area (Å²) in [7, 11) is 0. The van der Waals surface area contributed by atoms with Crippen molar-refractivity contribution in [3.63, 3.8) is 0 Å². The minimum atomic E-state index is -0.496. The average molecular weight is 349 g/mol. The van der Waals surface area contributed by atoms with Crippen LogP contribution in [0.25, 0.3) is 16.6 Å². The van der Waals surface area contributed by atoms with E-state index < -0.39 is 5.69 Å². The van der Waals surface area contributed by atoms with Crippen LogP contribution >= 0.6 is 0 Å². The molecule has 26 heavy (non-hydrogen) atoms. The highest BCUT2D eigenvalue weighted by atomic mass is 16.2. The van der Waals surface area contributed by atoms with E-state index in [4.69, 9.17) is 0 Å². The van der Waals surface area contributed by atoms with Crippen molar-refractivity contribution < 1.29 is 4.79 Å². The van der Waals surface area contributed by atoms with Gasteiger partial charge in [-0.3, -0.25) is 9.59 Å². The number of aromatic nitrogens is 2. The summed E-state index contributed by atoms with van der Waals surface area (Å²) >= 11 is 0. The molecule has 4 rings (SSSR count). The van der Waals surface area contributed by atoms with Crippen LogP contribution in [0, 0.1) is 0 Å². The zero-order valence-electron chi connectivity index (χ0n) is 14.3. The fourth-order valence-electron chi connectivity index (χ4n) is 3.43. The Kier molecular flexibility index (Phi) is 4.16. The number of benzene rings is 2. The molecule has 1 N–H and O–H groups in total. The van der Waals surface area contributed by atoms with Gasteiger partial charge in [0.25, 0.3) is 11.5 Å². The molecule has 0 aliphatic carbocycles. The number of rotatable bonds is 2. The summed E-state index contributed by atoms with van der Waals surface area (Å²) in [6, 6.07) is 13.5. The summed E-state index contributed by atoms with van der Waals surface area (Å²) in [6.45, 7) is 1.56. The second-order valence-electron chi connectivity index (χ2n) is 6.52. The lowest BCUT2D eigenvalue weighted by atomic mass is 10.1. The number of hydrogen-bond acceptors (Lipinski definition) is 3. The smallest absolute Gasteiger partial charge is 0.333 e. The Balaban J connectivity index is 1.71. The van der Waals surface area contributed by atoms with E-state index in [2.05, 4.69) is 4.98 Å². The first-order valence-corrected chi connectivity index (χ1v) is 8.79. The summed E-state index contributed by atoms with van der Waals surface area (Å²) < 4.78 is 1.09. The molecule has 1 aliphatic rings. The quantitative estimate of drug-likeness (QED) is 0.771. The highest BCUT2D eigenvalue weighted by Gasteiger charge is 2.18. The predicted octanol–water partition coefficient (Wildman–Crippen LogP) is 2.31. The van der Waals surface area contributed by atoms with Crippen molar-refractivity contribution >= 4 is 16.8 Å². The lowest BCUT2D eigenvalue weighted by Gasteiger charge is -2.26. The molecular formula is C20H19N3O3. The highest BCUT2D eigenvalue weighted by molar-refractivity contribution is 5.94. The Hall–Kier alpha value is -3.15. The first kappa shape index (κ1) is 16.3. The number of carbonyl (C=O) groups is 1. The number of nitrogens with one attached hydrogen (secondary N) is 1. The van der Waals surface area contributed by atoms with Crippen molar-refractivity contribution in [1.82, 2.24) is 14.5 Å². The summed E-state index contributed by atoms with van der Waals surface area (Å²) in [6.07, 6.45) is 3.23. The SMILES string of the molecule is O=C(c1ccc(-n2c(=O)[nH]c3ccccc3c2=O)cc1)N1CCCCC1. The third-order valence-electron chi connectivity index (χ3n) is 4.82. The minimum Gasteiger partial charge on any atom is -0.339 e. The lowest BCUT2D eigenvalue weighted by Crippen LogP contribution is -2.36. The molecule has 2 heterocycles. The number of carbonyl (C=O) groups excluding carboxylic acids is 1. The van der Waals surface area contributed by atoms with E-state index in [0.717, 1.165) is 36.9 Å². The van der Waals surface area contributed by atoms with Crippen molar-refractivity contribution in [2.45, 2.75) is 19.3 Å². The Morgan fingerprint density at radius 1 is 0.885 bits per heavy atom. The maximum absolute atomic E-state index is 12.7. The highest BCUT2D eigenvalue weighted by Crippen LogP contribution is 2.15. The molecule has 0 atom stereocenters. The fourth-order valence-corrected chi connectivity index (χ4v) is 3.43. The van der Waals surface area contributed by atoms with Gasteiger partial charge >= 0.3 is 5.69 Å². The van der Waals surface area contributed by atoms with E-state index >= 15 is 0 Å². The number of H-pyrrole nitrogens is 1. The monoisotopic (exact) mass is 349 g/mol. The Labute approximate surface area is 149 Å². The molecule has 1 aliphatic heterocycles. The van der Waals surface area contributed by atoms with E-state index in [1.807, 2.05) is 4.90 Å². The molecule has 2 aromatic carbocycles. The van der Waals surface area contributed by atoms with E-state index in [0.29, 0.717) is 22.2 Å². The molecule has 1 aromatic heterocycles. The topological polar surface area (TPSA) is 75.2 Å². The third-order valence-corrected chi connectivity index (χ3v) is 4.82. The summed E-state index contributed by atoms with van der Waals surface area (Å²) in [5.41, 5.74) is 0.650. The molecular weight excluding hydrogens is 330 g/mol. The minimum absolute atomic E-state index is 0.00369. The van der Waals surface area contributed by atoms with Gasteiger partial charge in [-0.25, -0.2) is 9.36 Å². The second-order valence-corrected chi connectivity index (χ2v) is 6.52. The molecule has 0 spiro atoms. The lowest BCUT2D eigenvalue weighted by molar-refractivity contribution is 0.0724. The molecule has 6 nitrogen and oxygen atoms in total. The number of para-hydroxylation sites is 1. The van der Waals surface area contributed by atoms with E-state index in [1.54, 1.807) is 48.5 Å². The van der Waals surface area contributed by atoms with E-state index in [-0.39, 0.29) is 11.5 Å². The van der Waals surface area contributed by atoms with Gasteiger partial charge in [0.05, 0.1) is 16.6 Å². The van der Waals surface area contributed by atoms with Crippen LogP contribution in [0.4, 0.5) is 0 Å². The number of amides is 1. The van der Waals surface area contributed by atoms with Gasteiger partial charge in [0.1, 0.15) is 0 Å². The molecule has 6 heteroatoms. The molecule has 0 unspecified atom stereocenters. The van der Waals surface area contributed by atoms with Crippen LogP contribution in [0.3, 0.4) is 0 Å². The molecule has 0 bridgehead atoms. The first-order valence-electron chi connectivity index (χ1n) is 8.79. The number of likely N-dealkylation sites (tertiary alicyclic amines) is 1. The average Bonchev–Trinajstić information content (AvgIpc) is 2.69. The van der Waals surface area contributed by atoms with Crippen LogP contribution in [0.5, 0.6) is 0 Å². The van der Waals surface area contributed by atoms with Gasteiger partial charge in [-0.05, 0) is 55.7 Å². The molecule has 1 saturated heterocycles. The van der Waals surface area contributed by atoms with Gasteiger partial charge in [-0.1, -0.05) is 12.1 Å². The van der Waals surface area contributed by atoms with Gasteiger partial charge in [-0.15, -0.1) is 0 Å². The van der Waals surface area contributed by atoms with Crippen molar-refractivity contribution in [2.75, 3.05) is 13.1 Å². The van der Waals surface area contributed by atoms with Crippen LogP contribution in [0.2, 0.25) is 0 Å². The van der Waals surface area contributed by atoms with Crippen molar-refractivity contribution in [1.29, 1.82) is 0 Å². The van der Waals surface area contributed by atoms with Gasteiger partial charge in [0.2, 0.25) is 0 Å². The van der Waals surface area contributed by atoms with Gasteiger partial charge < -0.3 is 9.88 Å². The molecule has 1 amide bonds. The maximum atomic E-state index is 12.7. The normalized spacial score (nSPS) is 14.5.